The first kappa shape index (κ1) is 7.83. The van der Waals surface area contributed by atoms with E-state index in [1.54, 1.807) is 6.92 Å². The van der Waals surface area contributed by atoms with Crippen LogP contribution in [0.3, 0.4) is 0 Å². The lowest BCUT2D eigenvalue weighted by Crippen LogP contribution is -2.04. The molecule has 0 aromatic rings. The Hall–Kier alpha value is -0.170. The van der Waals surface area contributed by atoms with Crippen molar-refractivity contribution in [2.24, 2.45) is 0 Å². The largest absolute Gasteiger partial charge is 0.466 e. The summed E-state index contributed by atoms with van der Waals surface area (Å²) in [5.41, 5.74) is 0. The predicted octanol–water partition coefficient (Wildman–Crippen LogP) is 1.11. The Kier molecular flexibility index (Phi) is 4.87. The van der Waals surface area contributed by atoms with Gasteiger partial charge >= 0.3 is 5.97 Å². The third-order valence-corrected chi connectivity index (χ3v) is 0.939. The predicted molar refractivity (Wildman–Crippen MR) is 30.9 cm³/mol. The highest BCUT2D eigenvalue weighted by Crippen LogP contribution is 2.08. The van der Waals surface area contributed by atoms with Crippen molar-refractivity contribution in [3.8, 4) is 0 Å². The Labute approximate surface area is 49.3 Å². The van der Waals surface area contributed by atoms with Gasteiger partial charge in [0.2, 0.25) is 0 Å². The molecule has 0 aliphatic rings. The summed E-state index contributed by atoms with van der Waals surface area (Å²) in [6.45, 7) is 2.03. The Balaban J connectivity index is 3.06. The van der Waals surface area contributed by atoms with Gasteiger partial charge in [0.1, 0.15) is 0 Å². The lowest BCUT2D eigenvalue weighted by molar-refractivity contribution is -0.139. The lowest BCUT2D eigenvalue weighted by Gasteiger charge is -1.95. The third-order valence-electron chi connectivity index (χ3n) is 0.516. The Bertz CT molecular complexity index is 68.4. The van der Waals surface area contributed by atoms with E-state index in [-0.39, 0.29) is 6.16 Å². The van der Waals surface area contributed by atoms with Crippen molar-refractivity contribution < 1.29 is 13.7 Å². The van der Waals surface area contributed by atoms with Crippen LogP contribution in [-0.4, -0.2) is 18.7 Å². The minimum atomic E-state index is -0.827. The highest BCUT2D eigenvalue weighted by molar-refractivity contribution is 7.33. The summed E-state index contributed by atoms with van der Waals surface area (Å²) < 4.78 is 15.7. The maximum atomic E-state index is 11.3. The van der Waals surface area contributed by atoms with Gasteiger partial charge in [0.25, 0.3) is 0 Å². The third kappa shape index (κ3) is 4.00. The summed E-state index contributed by atoms with van der Waals surface area (Å²) in [5, 5.41) is 0. The minimum Gasteiger partial charge on any atom is -0.466 e. The quantitative estimate of drug-likeness (QED) is 0.431. The first-order chi connectivity index (χ1) is 3.81. The fourth-order valence-electron chi connectivity index (χ4n) is 0.267. The van der Waals surface area contributed by atoms with Gasteiger partial charge in [-0.25, -0.2) is 4.20 Å². The van der Waals surface area contributed by atoms with Crippen molar-refractivity contribution in [1.29, 1.82) is 0 Å². The van der Waals surface area contributed by atoms with Crippen molar-refractivity contribution in [2.75, 3.05) is 12.8 Å². The van der Waals surface area contributed by atoms with Gasteiger partial charge in [-0.1, -0.05) is 0 Å². The molecule has 0 aliphatic carbocycles. The second-order valence-electron chi connectivity index (χ2n) is 1.12. The zero-order valence-corrected chi connectivity index (χ0v) is 5.61. The van der Waals surface area contributed by atoms with Crippen LogP contribution in [0.4, 0.5) is 4.20 Å². The van der Waals surface area contributed by atoms with Gasteiger partial charge in [-0.3, -0.25) is 4.79 Å². The number of halogens is 1. The summed E-state index contributed by atoms with van der Waals surface area (Å²) in [6, 6.07) is 0. The molecular weight excluding hydrogens is 130 g/mol. The van der Waals surface area contributed by atoms with E-state index in [0.717, 1.165) is 0 Å². The van der Waals surface area contributed by atoms with Crippen LogP contribution in [0.15, 0.2) is 0 Å². The van der Waals surface area contributed by atoms with E-state index in [9.17, 15) is 8.99 Å². The number of carbonyl (C=O) groups excluding carboxylic acids is 1. The van der Waals surface area contributed by atoms with E-state index in [1.807, 2.05) is 0 Å². The first-order valence-corrected chi connectivity index (χ1v) is 3.39. The van der Waals surface area contributed by atoms with E-state index in [1.165, 1.54) is 0 Å². The molecule has 2 nitrogen and oxygen atoms in total. The minimum absolute atomic E-state index is 0.0894. The van der Waals surface area contributed by atoms with Gasteiger partial charge in [0, 0.05) is 0 Å². The van der Waals surface area contributed by atoms with Gasteiger partial charge in [-0.2, -0.15) is 0 Å². The normalized spacial score (nSPS) is 10.2. The Morgan fingerprint density at radius 1 is 1.88 bits per heavy atom. The molecule has 0 N–H and O–H groups in total. The molecule has 0 heterocycles. The number of ether oxygens (including phenoxy) is 1. The molecule has 1 atom stereocenters. The van der Waals surface area contributed by atoms with Gasteiger partial charge in [0.05, 0.1) is 21.7 Å². The van der Waals surface area contributed by atoms with Crippen molar-refractivity contribution in [3.05, 3.63) is 0 Å². The zero-order chi connectivity index (χ0) is 6.41. The van der Waals surface area contributed by atoms with Crippen molar-refractivity contribution in [1.82, 2.24) is 0 Å². The number of carbonyl (C=O) groups is 1. The summed E-state index contributed by atoms with van der Waals surface area (Å²) in [7, 11) is -0.827. The second-order valence-corrected chi connectivity index (χ2v) is 1.74. The van der Waals surface area contributed by atoms with E-state index in [2.05, 4.69) is 4.74 Å². The molecule has 0 aromatic carbocycles. The first-order valence-electron chi connectivity index (χ1n) is 2.30. The standard InChI is InChI=1S/C4H8FO2P/c1-2-7-4(6)3-8-5/h8H,2-3H2,1H3. The molecule has 0 bridgehead atoms. The highest BCUT2D eigenvalue weighted by Gasteiger charge is 1.97. The zero-order valence-electron chi connectivity index (χ0n) is 4.61. The second kappa shape index (κ2) is 4.98. The molecule has 0 spiro atoms. The van der Waals surface area contributed by atoms with E-state index < -0.39 is 14.9 Å². The van der Waals surface area contributed by atoms with E-state index in [4.69, 9.17) is 0 Å². The number of esters is 1. The Morgan fingerprint density at radius 3 is 2.88 bits per heavy atom. The molecule has 1 unspecified atom stereocenters. The topological polar surface area (TPSA) is 26.3 Å². The average Bonchev–Trinajstić information content (AvgIpc) is 1.68. The molecular formula is C4H8FO2P. The van der Waals surface area contributed by atoms with Crippen LogP contribution in [0.5, 0.6) is 0 Å². The molecule has 8 heavy (non-hydrogen) atoms. The number of rotatable bonds is 3. The van der Waals surface area contributed by atoms with Gasteiger partial charge < -0.3 is 4.74 Å². The molecule has 0 aliphatic heterocycles. The molecule has 0 rings (SSSR count). The number of hydrogen-bond acceptors (Lipinski definition) is 2. The SMILES string of the molecule is CCOC(=O)CPF. The van der Waals surface area contributed by atoms with Crippen LogP contribution >= 0.6 is 8.89 Å². The molecule has 4 heteroatoms. The lowest BCUT2D eigenvalue weighted by atomic mass is 10.8. The van der Waals surface area contributed by atoms with Crippen LogP contribution < -0.4 is 0 Å². The monoisotopic (exact) mass is 138 g/mol. The fourth-order valence-corrected chi connectivity index (χ4v) is 0.478. The van der Waals surface area contributed by atoms with Gasteiger partial charge in [-0.15, -0.1) is 0 Å². The summed E-state index contributed by atoms with van der Waals surface area (Å²) in [5.74, 6) is -0.451. The van der Waals surface area contributed by atoms with Crippen LogP contribution in [0.2, 0.25) is 0 Å². The summed E-state index contributed by atoms with van der Waals surface area (Å²) >= 11 is 0. The van der Waals surface area contributed by atoms with Crippen molar-refractivity contribution >= 4 is 14.9 Å². The van der Waals surface area contributed by atoms with Crippen LogP contribution in [0.1, 0.15) is 6.92 Å². The van der Waals surface area contributed by atoms with Gasteiger partial charge in [0.15, 0.2) is 0 Å². The maximum absolute atomic E-state index is 11.3. The van der Waals surface area contributed by atoms with Crippen molar-refractivity contribution in [2.45, 2.75) is 6.92 Å². The fraction of sp³-hybridized carbons (Fsp3) is 0.750. The average molecular weight is 138 g/mol. The molecule has 0 saturated heterocycles. The van der Waals surface area contributed by atoms with E-state index in [0.29, 0.717) is 6.61 Å². The molecule has 0 saturated carbocycles. The molecule has 0 fully saturated rings. The molecule has 48 valence electrons. The number of hydrogen-bond donors (Lipinski definition) is 0. The van der Waals surface area contributed by atoms with E-state index >= 15 is 0 Å². The summed E-state index contributed by atoms with van der Waals surface area (Å²) in [4.78, 5) is 10.2. The maximum Gasteiger partial charge on any atom is 0.312 e. The molecule has 0 aromatic heterocycles. The van der Waals surface area contributed by atoms with Crippen LogP contribution in [-0.2, 0) is 9.53 Å². The Morgan fingerprint density at radius 2 is 2.50 bits per heavy atom. The van der Waals surface area contributed by atoms with Crippen molar-refractivity contribution in [3.63, 3.8) is 0 Å². The van der Waals surface area contributed by atoms with Crippen LogP contribution in [0.25, 0.3) is 0 Å². The smallest absolute Gasteiger partial charge is 0.312 e. The summed E-state index contributed by atoms with van der Waals surface area (Å²) in [6.07, 6.45) is -0.0894. The van der Waals surface area contributed by atoms with Gasteiger partial charge in [-0.05, 0) is 6.92 Å². The molecule has 0 radical (unpaired) electrons. The van der Waals surface area contributed by atoms with Crippen LogP contribution in [0, 0.1) is 0 Å². The highest BCUT2D eigenvalue weighted by atomic mass is 31.1. The molecule has 0 amide bonds.